The highest BCUT2D eigenvalue weighted by atomic mass is 79.9. The van der Waals surface area contributed by atoms with Gasteiger partial charge in [-0.2, -0.15) is 0 Å². The molecule has 5 heteroatoms. The second-order valence-electron chi connectivity index (χ2n) is 4.57. The van der Waals surface area contributed by atoms with E-state index in [1.807, 2.05) is 35.7 Å². The summed E-state index contributed by atoms with van der Waals surface area (Å²) in [6.45, 7) is 0. The molecule has 4 aromatic rings. The van der Waals surface area contributed by atoms with E-state index in [2.05, 4.69) is 38.0 Å². The number of nitrogens with zero attached hydrogens (tertiary/aromatic N) is 2. The number of hydrogen-bond acceptors (Lipinski definition) is 4. The van der Waals surface area contributed by atoms with E-state index >= 15 is 0 Å². The smallest absolute Gasteiger partial charge is 0.231 e. The maximum Gasteiger partial charge on any atom is 0.231 e. The van der Waals surface area contributed by atoms with Crippen molar-refractivity contribution in [2.45, 2.75) is 0 Å². The van der Waals surface area contributed by atoms with E-state index in [1.54, 1.807) is 11.3 Å². The summed E-state index contributed by atoms with van der Waals surface area (Å²) in [5, 5.41) is 5.23. The Morgan fingerprint density at radius 2 is 1.81 bits per heavy atom. The van der Waals surface area contributed by atoms with Gasteiger partial charge in [0.1, 0.15) is 16.9 Å². The molecule has 0 bridgehead atoms. The van der Waals surface area contributed by atoms with E-state index in [0.717, 1.165) is 25.8 Å². The van der Waals surface area contributed by atoms with Gasteiger partial charge in [0.2, 0.25) is 5.88 Å². The molecule has 2 aromatic carbocycles. The molecule has 2 aromatic heterocycles. The number of thiophene rings is 1. The van der Waals surface area contributed by atoms with Gasteiger partial charge in [0, 0.05) is 4.47 Å². The van der Waals surface area contributed by atoms with Crippen molar-refractivity contribution in [3.63, 3.8) is 0 Å². The van der Waals surface area contributed by atoms with Gasteiger partial charge in [0.15, 0.2) is 0 Å². The molecular formula is C16H9BrN2OS. The third kappa shape index (κ3) is 2.39. The van der Waals surface area contributed by atoms with Crippen molar-refractivity contribution < 1.29 is 4.74 Å². The molecule has 2 heterocycles. The molecule has 3 nitrogen and oxygen atoms in total. The van der Waals surface area contributed by atoms with Gasteiger partial charge in [-0.25, -0.2) is 9.97 Å². The number of ether oxygens (including phenoxy) is 1. The predicted octanol–water partition coefficient (Wildman–Crippen LogP) is 5.40. The molecule has 0 aliphatic carbocycles. The summed E-state index contributed by atoms with van der Waals surface area (Å²) in [4.78, 5) is 9.39. The van der Waals surface area contributed by atoms with Crippen LogP contribution in [0.4, 0.5) is 0 Å². The van der Waals surface area contributed by atoms with Crippen LogP contribution in [0.25, 0.3) is 21.0 Å². The molecule has 102 valence electrons. The highest BCUT2D eigenvalue weighted by molar-refractivity contribution is 9.10. The third-order valence-electron chi connectivity index (χ3n) is 3.21. The Morgan fingerprint density at radius 1 is 0.952 bits per heavy atom. The van der Waals surface area contributed by atoms with E-state index in [0.29, 0.717) is 5.88 Å². The molecule has 21 heavy (non-hydrogen) atoms. The number of benzene rings is 2. The van der Waals surface area contributed by atoms with Crippen LogP contribution >= 0.6 is 27.3 Å². The van der Waals surface area contributed by atoms with Crippen LogP contribution < -0.4 is 4.74 Å². The molecule has 0 saturated carbocycles. The summed E-state index contributed by atoms with van der Waals surface area (Å²) in [6, 6.07) is 14.2. The SMILES string of the molecule is Brc1ccc2cc(Oc3ncnc4sccc34)ccc2c1. The lowest BCUT2D eigenvalue weighted by Crippen LogP contribution is -1.89. The lowest BCUT2D eigenvalue weighted by atomic mass is 10.1. The van der Waals surface area contributed by atoms with Gasteiger partial charge in [-0.1, -0.05) is 28.1 Å². The maximum absolute atomic E-state index is 5.93. The fourth-order valence-electron chi connectivity index (χ4n) is 2.22. The standard InChI is InChI=1S/C16H9BrN2OS/c17-12-3-1-11-8-13(4-2-10(11)7-12)20-15-14-5-6-21-16(14)19-9-18-15/h1-9H. The second-order valence-corrected chi connectivity index (χ2v) is 6.38. The Hall–Kier alpha value is -1.98. The number of halogens is 1. The van der Waals surface area contributed by atoms with Crippen molar-refractivity contribution in [3.8, 4) is 11.6 Å². The van der Waals surface area contributed by atoms with E-state index in [-0.39, 0.29) is 0 Å². The number of aromatic nitrogens is 2. The molecule has 0 radical (unpaired) electrons. The molecule has 4 rings (SSSR count). The van der Waals surface area contributed by atoms with Crippen LogP contribution in [0.3, 0.4) is 0 Å². The molecule has 0 aliphatic rings. The van der Waals surface area contributed by atoms with Crippen molar-refractivity contribution in [3.05, 3.63) is 58.6 Å². The Labute approximate surface area is 133 Å². The van der Waals surface area contributed by atoms with Gasteiger partial charge in [0.25, 0.3) is 0 Å². The molecule has 0 fully saturated rings. The van der Waals surface area contributed by atoms with E-state index in [4.69, 9.17) is 4.74 Å². The van der Waals surface area contributed by atoms with Crippen LogP contribution in [0.1, 0.15) is 0 Å². The third-order valence-corrected chi connectivity index (χ3v) is 4.53. The largest absolute Gasteiger partial charge is 0.438 e. The summed E-state index contributed by atoms with van der Waals surface area (Å²) < 4.78 is 7.00. The first-order valence-corrected chi connectivity index (χ1v) is 8.02. The van der Waals surface area contributed by atoms with Crippen LogP contribution in [-0.4, -0.2) is 9.97 Å². The number of hydrogen-bond donors (Lipinski definition) is 0. The zero-order chi connectivity index (χ0) is 14.2. The summed E-state index contributed by atoms with van der Waals surface area (Å²) in [6.07, 6.45) is 1.53. The zero-order valence-corrected chi connectivity index (χ0v) is 13.2. The topological polar surface area (TPSA) is 35.0 Å². The zero-order valence-electron chi connectivity index (χ0n) is 10.8. The van der Waals surface area contributed by atoms with Crippen LogP contribution in [0.2, 0.25) is 0 Å². The number of fused-ring (bicyclic) bond motifs is 2. The minimum absolute atomic E-state index is 0.595. The van der Waals surface area contributed by atoms with E-state index < -0.39 is 0 Å². The van der Waals surface area contributed by atoms with Gasteiger partial charge < -0.3 is 4.74 Å². The van der Waals surface area contributed by atoms with Crippen LogP contribution in [-0.2, 0) is 0 Å². The molecule has 0 atom stereocenters. The maximum atomic E-state index is 5.93. The Balaban J connectivity index is 1.77. The van der Waals surface area contributed by atoms with E-state index in [1.165, 1.54) is 11.7 Å². The Bertz CT molecular complexity index is 951. The highest BCUT2D eigenvalue weighted by Crippen LogP contribution is 2.31. The predicted molar refractivity (Wildman–Crippen MR) is 89.1 cm³/mol. The van der Waals surface area contributed by atoms with Crippen molar-refractivity contribution >= 4 is 48.3 Å². The lowest BCUT2D eigenvalue weighted by molar-refractivity contribution is 0.469. The van der Waals surface area contributed by atoms with Gasteiger partial charge in [-0.3, -0.25) is 0 Å². The molecule has 0 saturated heterocycles. The molecule has 0 N–H and O–H groups in total. The summed E-state index contributed by atoms with van der Waals surface area (Å²) in [5.74, 6) is 1.37. The fraction of sp³-hybridized carbons (Fsp3) is 0. The van der Waals surface area contributed by atoms with Gasteiger partial charge in [0.05, 0.1) is 5.39 Å². The molecule has 0 spiro atoms. The highest BCUT2D eigenvalue weighted by Gasteiger charge is 2.07. The molecule has 0 aliphatic heterocycles. The summed E-state index contributed by atoms with van der Waals surface area (Å²) in [5.41, 5.74) is 0. The summed E-state index contributed by atoms with van der Waals surface area (Å²) in [7, 11) is 0. The normalized spacial score (nSPS) is 11.1. The van der Waals surface area contributed by atoms with Gasteiger partial charge in [-0.05, 0) is 46.5 Å². The lowest BCUT2D eigenvalue weighted by Gasteiger charge is -2.07. The molecule has 0 amide bonds. The van der Waals surface area contributed by atoms with Crippen LogP contribution in [0.5, 0.6) is 11.6 Å². The fourth-order valence-corrected chi connectivity index (χ4v) is 3.32. The molecular weight excluding hydrogens is 348 g/mol. The number of rotatable bonds is 2. The van der Waals surface area contributed by atoms with Gasteiger partial charge in [-0.15, -0.1) is 11.3 Å². The van der Waals surface area contributed by atoms with Crippen LogP contribution in [0.15, 0.2) is 58.6 Å². The average Bonchev–Trinajstić information content (AvgIpc) is 2.97. The van der Waals surface area contributed by atoms with Crippen molar-refractivity contribution in [1.29, 1.82) is 0 Å². The first-order chi connectivity index (χ1) is 10.3. The van der Waals surface area contributed by atoms with Gasteiger partial charge >= 0.3 is 0 Å². The second kappa shape index (κ2) is 5.09. The van der Waals surface area contributed by atoms with Crippen molar-refractivity contribution in [2.24, 2.45) is 0 Å². The quantitative estimate of drug-likeness (QED) is 0.482. The Kier molecular flexibility index (Phi) is 3.09. The first kappa shape index (κ1) is 12.7. The monoisotopic (exact) mass is 356 g/mol. The van der Waals surface area contributed by atoms with E-state index in [9.17, 15) is 0 Å². The summed E-state index contributed by atoms with van der Waals surface area (Å²) >= 11 is 5.06. The minimum Gasteiger partial charge on any atom is -0.438 e. The average molecular weight is 357 g/mol. The Morgan fingerprint density at radius 3 is 2.76 bits per heavy atom. The minimum atomic E-state index is 0.595. The van der Waals surface area contributed by atoms with Crippen molar-refractivity contribution in [1.82, 2.24) is 9.97 Å². The first-order valence-electron chi connectivity index (χ1n) is 6.35. The van der Waals surface area contributed by atoms with Crippen LogP contribution in [0, 0.1) is 0 Å². The van der Waals surface area contributed by atoms with Crippen molar-refractivity contribution in [2.75, 3.05) is 0 Å². The molecule has 0 unspecified atom stereocenters.